The number of rotatable bonds is 13. The van der Waals surface area contributed by atoms with Gasteiger partial charge in [-0.2, -0.15) is 0 Å². The molecule has 0 saturated heterocycles. The molecule has 0 bridgehead atoms. The van der Waals surface area contributed by atoms with Crippen LogP contribution in [0.5, 0.6) is 5.06 Å². The Labute approximate surface area is 136 Å². The maximum atomic E-state index is 5.36. The highest BCUT2D eigenvalue weighted by molar-refractivity contribution is 7.13. The van der Waals surface area contributed by atoms with E-state index >= 15 is 0 Å². The first kappa shape index (κ1) is 18.5. The molecule has 0 aromatic carbocycles. The number of unbranched alkanes of at least 4 members (excludes halogenated alkanes) is 7. The van der Waals surface area contributed by atoms with Gasteiger partial charge in [0, 0.05) is 4.88 Å². The van der Waals surface area contributed by atoms with Crippen molar-refractivity contribution in [1.29, 1.82) is 0 Å². The molecule has 1 unspecified atom stereocenters. The Bertz CT molecular complexity index is 345. The van der Waals surface area contributed by atoms with E-state index in [2.05, 4.69) is 26.0 Å². The molecule has 0 radical (unpaired) electrons. The second-order valence-electron chi connectivity index (χ2n) is 6.11. The summed E-state index contributed by atoms with van der Waals surface area (Å²) in [6.45, 7) is 4.57. The minimum absolute atomic E-state index is 0.761. The van der Waals surface area contributed by atoms with Crippen LogP contribution >= 0.6 is 11.3 Å². The van der Waals surface area contributed by atoms with Crippen molar-refractivity contribution in [3.05, 3.63) is 17.0 Å². The van der Waals surface area contributed by atoms with E-state index in [4.69, 9.17) is 4.74 Å². The molecule has 0 fully saturated rings. The van der Waals surface area contributed by atoms with Gasteiger partial charge in [-0.15, -0.1) is 11.3 Å². The smallest absolute Gasteiger partial charge is 0.173 e. The quantitative estimate of drug-likeness (QED) is 0.351. The number of hydrogen-bond donors (Lipinski definition) is 0. The lowest BCUT2D eigenvalue weighted by Crippen LogP contribution is -1.97. The largest absolute Gasteiger partial charge is 0.487 e. The van der Waals surface area contributed by atoms with Crippen LogP contribution in [0.25, 0.3) is 0 Å². The van der Waals surface area contributed by atoms with Crippen molar-refractivity contribution < 1.29 is 4.74 Å². The molecular formula is C19H34OS. The number of ether oxygens (including phenoxy) is 1. The van der Waals surface area contributed by atoms with Gasteiger partial charge in [0.2, 0.25) is 0 Å². The molecule has 1 aromatic heterocycles. The normalized spacial score (nSPS) is 12.5. The van der Waals surface area contributed by atoms with Crippen molar-refractivity contribution in [2.24, 2.45) is 0 Å². The summed E-state index contributed by atoms with van der Waals surface area (Å²) in [7, 11) is 1.77. The monoisotopic (exact) mass is 310 g/mol. The summed E-state index contributed by atoms with van der Waals surface area (Å²) in [6, 6.07) is 4.43. The number of methoxy groups -OCH3 is 1. The van der Waals surface area contributed by atoms with E-state index in [1.54, 1.807) is 12.0 Å². The average Bonchev–Trinajstić information content (AvgIpc) is 2.98. The molecule has 0 aliphatic heterocycles. The molecule has 1 atom stereocenters. The van der Waals surface area contributed by atoms with E-state index in [1.165, 1.54) is 70.6 Å². The Morgan fingerprint density at radius 1 is 0.857 bits per heavy atom. The van der Waals surface area contributed by atoms with Gasteiger partial charge in [0.25, 0.3) is 0 Å². The van der Waals surface area contributed by atoms with Crippen LogP contribution in [0.15, 0.2) is 12.1 Å². The summed E-state index contributed by atoms with van der Waals surface area (Å²) in [5.74, 6) is 0.761. The van der Waals surface area contributed by atoms with Gasteiger partial charge in [0.15, 0.2) is 5.06 Å². The zero-order chi connectivity index (χ0) is 15.3. The summed E-state index contributed by atoms with van der Waals surface area (Å²) in [6.07, 6.45) is 15.1. The summed E-state index contributed by atoms with van der Waals surface area (Å²) < 4.78 is 5.36. The molecule has 1 aromatic rings. The third-order valence-electron chi connectivity index (χ3n) is 4.27. The molecule has 1 nitrogen and oxygen atoms in total. The Hall–Kier alpha value is -0.500. The third-order valence-corrected chi connectivity index (χ3v) is 5.48. The Kier molecular flexibility index (Phi) is 10.7. The maximum absolute atomic E-state index is 5.36. The second-order valence-corrected chi connectivity index (χ2v) is 7.19. The highest BCUT2D eigenvalue weighted by Crippen LogP contribution is 2.36. The van der Waals surface area contributed by atoms with Crippen LogP contribution in [0.1, 0.15) is 95.3 Å². The van der Waals surface area contributed by atoms with Crippen LogP contribution in [-0.4, -0.2) is 7.11 Å². The van der Waals surface area contributed by atoms with Crippen molar-refractivity contribution in [3.8, 4) is 5.06 Å². The van der Waals surface area contributed by atoms with Crippen LogP contribution in [0.3, 0.4) is 0 Å². The van der Waals surface area contributed by atoms with Crippen LogP contribution in [-0.2, 0) is 0 Å². The summed E-state index contributed by atoms with van der Waals surface area (Å²) in [5, 5.41) is 1.06. The molecule has 1 rings (SSSR count). The molecule has 0 N–H and O–H groups in total. The Morgan fingerprint density at radius 2 is 1.43 bits per heavy atom. The number of hydrogen-bond acceptors (Lipinski definition) is 2. The fraction of sp³-hybridized carbons (Fsp3) is 0.789. The number of thiophene rings is 1. The highest BCUT2D eigenvalue weighted by Gasteiger charge is 2.14. The molecule has 0 aliphatic carbocycles. The van der Waals surface area contributed by atoms with Crippen LogP contribution < -0.4 is 4.74 Å². The van der Waals surface area contributed by atoms with Gasteiger partial charge in [0.05, 0.1) is 7.11 Å². The molecule has 2 heteroatoms. The summed E-state index contributed by atoms with van der Waals surface area (Å²) >= 11 is 1.85. The van der Waals surface area contributed by atoms with Crippen molar-refractivity contribution in [1.82, 2.24) is 0 Å². The first-order chi connectivity index (χ1) is 10.3. The van der Waals surface area contributed by atoms with Gasteiger partial charge >= 0.3 is 0 Å². The molecule has 0 aliphatic rings. The molecular weight excluding hydrogens is 276 g/mol. The van der Waals surface area contributed by atoms with E-state index in [-0.39, 0.29) is 0 Å². The van der Waals surface area contributed by atoms with Crippen LogP contribution in [0.2, 0.25) is 0 Å². The van der Waals surface area contributed by atoms with Gasteiger partial charge in [-0.1, -0.05) is 71.6 Å². The lowest BCUT2D eigenvalue weighted by Gasteiger charge is -2.15. The summed E-state index contributed by atoms with van der Waals surface area (Å²) in [5.41, 5.74) is 0. The van der Waals surface area contributed by atoms with Crippen molar-refractivity contribution in [2.75, 3.05) is 7.11 Å². The standard InChI is InChI=1S/C19H34OS/c1-4-6-8-10-12-14-17(13-11-9-7-5-2)18-15-16-19(20-3)21-18/h15-17H,4-14H2,1-3H3. The first-order valence-corrected chi connectivity index (χ1v) is 9.77. The zero-order valence-electron chi connectivity index (χ0n) is 14.3. The molecule has 1 heterocycles. The van der Waals surface area contributed by atoms with Gasteiger partial charge in [-0.05, 0) is 30.9 Å². The van der Waals surface area contributed by atoms with E-state index in [0.29, 0.717) is 0 Å². The van der Waals surface area contributed by atoms with Gasteiger partial charge in [0.1, 0.15) is 0 Å². The second kappa shape index (κ2) is 12.1. The lowest BCUT2D eigenvalue weighted by molar-refractivity contribution is 0.427. The Morgan fingerprint density at radius 3 is 1.95 bits per heavy atom. The van der Waals surface area contributed by atoms with Crippen molar-refractivity contribution >= 4 is 11.3 Å². The highest BCUT2D eigenvalue weighted by atomic mass is 32.1. The van der Waals surface area contributed by atoms with Crippen LogP contribution in [0, 0.1) is 0 Å². The average molecular weight is 311 g/mol. The van der Waals surface area contributed by atoms with Gasteiger partial charge < -0.3 is 4.74 Å². The molecule has 21 heavy (non-hydrogen) atoms. The third kappa shape index (κ3) is 7.90. The maximum Gasteiger partial charge on any atom is 0.173 e. The van der Waals surface area contributed by atoms with Gasteiger partial charge in [-0.3, -0.25) is 0 Å². The van der Waals surface area contributed by atoms with E-state index in [0.717, 1.165) is 11.0 Å². The summed E-state index contributed by atoms with van der Waals surface area (Å²) in [4.78, 5) is 1.54. The van der Waals surface area contributed by atoms with E-state index < -0.39 is 0 Å². The molecule has 0 amide bonds. The zero-order valence-corrected chi connectivity index (χ0v) is 15.1. The molecule has 122 valence electrons. The minimum Gasteiger partial charge on any atom is -0.487 e. The van der Waals surface area contributed by atoms with Gasteiger partial charge in [-0.25, -0.2) is 0 Å². The fourth-order valence-corrected chi connectivity index (χ4v) is 3.89. The topological polar surface area (TPSA) is 9.23 Å². The predicted octanol–water partition coefficient (Wildman–Crippen LogP) is 7.17. The SMILES string of the molecule is CCCCCCCC(CCCCCC)c1ccc(OC)s1. The van der Waals surface area contributed by atoms with Crippen molar-refractivity contribution in [3.63, 3.8) is 0 Å². The molecule has 0 saturated carbocycles. The van der Waals surface area contributed by atoms with E-state index in [9.17, 15) is 0 Å². The minimum atomic E-state index is 0.761. The fourth-order valence-electron chi connectivity index (χ4n) is 2.90. The van der Waals surface area contributed by atoms with E-state index in [1.807, 2.05) is 11.3 Å². The first-order valence-electron chi connectivity index (χ1n) is 8.95. The van der Waals surface area contributed by atoms with Crippen molar-refractivity contribution in [2.45, 2.75) is 90.4 Å². The van der Waals surface area contributed by atoms with Crippen LogP contribution in [0.4, 0.5) is 0 Å². The lowest BCUT2D eigenvalue weighted by atomic mass is 9.93. The Balaban J connectivity index is 2.41. The predicted molar refractivity (Wildman–Crippen MR) is 95.7 cm³/mol. The molecule has 0 spiro atoms.